The summed E-state index contributed by atoms with van der Waals surface area (Å²) in [5.41, 5.74) is 0.868. The van der Waals surface area contributed by atoms with E-state index in [0.29, 0.717) is 30.9 Å². The van der Waals surface area contributed by atoms with Crippen molar-refractivity contribution >= 4 is 33.2 Å². The lowest BCUT2D eigenvalue weighted by molar-refractivity contribution is 0.0948. The zero-order chi connectivity index (χ0) is 22.3. The van der Waals surface area contributed by atoms with Crippen LogP contribution in [0.25, 0.3) is 0 Å². The molecule has 0 atom stereocenters. The molecule has 0 saturated carbocycles. The normalized spacial score (nSPS) is 11.1. The van der Waals surface area contributed by atoms with Crippen molar-refractivity contribution < 1.29 is 27.4 Å². The summed E-state index contributed by atoms with van der Waals surface area (Å²) in [7, 11) is 0.400. The zero-order valence-corrected chi connectivity index (χ0v) is 18.8. The first kappa shape index (κ1) is 23.8. The van der Waals surface area contributed by atoms with Crippen LogP contribution in [-0.2, 0) is 14.8 Å². The fourth-order valence-electron chi connectivity index (χ4n) is 2.69. The van der Waals surface area contributed by atoms with Crippen molar-refractivity contribution in [1.82, 2.24) is 5.32 Å². The molecule has 2 N–H and O–H groups in total. The number of nitrogens with one attached hydrogen (secondary N) is 2. The van der Waals surface area contributed by atoms with E-state index in [1.807, 2.05) is 0 Å². The minimum atomic E-state index is -4.03. The van der Waals surface area contributed by atoms with Gasteiger partial charge in [-0.2, -0.15) is 0 Å². The number of rotatable bonds is 10. The summed E-state index contributed by atoms with van der Waals surface area (Å²) in [5.74, 6) is 0.219. The highest BCUT2D eigenvalue weighted by molar-refractivity contribution is 7.92. The molecular formula is C20H25ClN2O6S. The molecule has 10 heteroatoms. The van der Waals surface area contributed by atoms with Gasteiger partial charge in [0.25, 0.3) is 15.9 Å². The third-order valence-corrected chi connectivity index (χ3v) is 6.07. The van der Waals surface area contributed by atoms with Crippen LogP contribution in [0.5, 0.6) is 11.5 Å². The van der Waals surface area contributed by atoms with Crippen molar-refractivity contribution in [1.29, 1.82) is 0 Å². The number of carbonyl (C=O) groups excluding carboxylic acids is 1. The maximum absolute atomic E-state index is 13.0. The summed E-state index contributed by atoms with van der Waals surface area (Å²) in [6.07, 6.45) is 0.652. The number of ether oxygens (including phenoxy) is 3. The highest BCUT2D eigenvalue weighted by Gasteiger charge is 2.22. The maximum Gasteiger partial charge on any atom is 0.262 e. The number of halogens is 1. The second-order valence-electron chi connectivity index (χ2n) is 6.38. The van der Waals surface area contributed by atoms with Gasteiger partial charge in [0.2, 0.25) is 0 Å². The van der Waals surface area contributed by atoms with Gasteiger partial charge in [0.15, 0.2) is 0 Å². The molecule has 30 heavy (non-hydrogen) atoms. The van der Waals surface area contributed by atoms with Crippen LogP contribution in [0.3, 0.4) is 0 Å². The minimum Gasteiger partial charge on any atom is -0.495 e. The van der Waals surface area contributed by atoms with Crippen LogP contribution < -0.4 is 19.5 Å². The molecule has 0 aliphatic carbocycles. The number of methoxy groups -OCH3 is 3. The smallest absolute Gasteiger partial charge is 0.262 e. The van der Waals surface area contributed by atoms with Crippen LogP contribution in [0.1, 0.15) is 22.3 Å². The first-order valence-electron chi connectivity index (χ1n) is 9.05. The Kier molecular flexibility index (Phi) is 8.33. The van der Waals surface area contributed by atoms with E-state index in [9.17, 15) is 13.2 Å². The Hall–Kier alpha value is -2.49. The first-order chi connectivity index (χ1) is 14.2. The molecule has 0 aromatic heterocycles. The van der Waals surface area contributed by atoms with E-state index in [1.54, 1.807) is 26.2 Å². The van der Waals surface area contributed by atoms with Crippen molar-refractivity contribution in [3.63, 3.8) is 0 Å². The molecule has 0 aliphatic rings. The second-order valence-corrected chi connectivity index (χ2v) is 8.43. The quantitative estimate of drug-likeness (QED) is 0.532. The lowest BCUT2D eigenvalue weighted by Gasteiger charge is -2.16. The summed E-state index contributed by atoms with van der Waals surface area (Å²) < 4.78 is 43.9. The summed E-state index contributed by atoms with van der Waals surface area (Å²) in [5, 5.41) is 2.95. The van der Waals surface area contributed by atoms with Gasteiger partial charge in [-0.1, -0.05) is 17.7 Å². The van der Waals surface area contributed by atoms with Gasteiger partial charge in [0, 0.05) is 31.9 Å². The van der Waals surface area contributed by atoms with Crippen molar-refractivity contribution in [3.05, 3.63) is 46.5 Å². The van der Waals surface area contributed by atoms with E-state index in [-0.39, 0.29) is 32.8 Å². The number of carbonyl (C=O) groups is 1. The summed E-state index contributed by atoms with van der Waals surface area (Å²) in [6, 6.07) is 7.37. The summed E-state index contributed by atoms with van der Waals surface area (Å²) >= 11 is 6.13. The molecule has 2 rings (SSSR count). The molecule has 1 amide bonds. The second kappa shape index (κ2) is 10.5. The van der Waals surface area contributed by atoms with Gasteiger partial charge < -0.3 is 19.5 Å². The number of anilines is 1. The molecule has 2 aromatic carbocycles. The Labute approximate surface area is 181 Å². The molecule has 2 aromatic rings. The Balaban J connectivity index is 2.32. The maximum atomic E-state index is 13.0. The van der Waals surface area contributed by atoms with Crippen molar-refractivity contribution in [3.8, 4) is 11.5 Å². The predicted octanol–water partition coefficient (Wildman–Crippen LogP) is 3.23. The Morgan fingerprint density at radius 3 is 2.40 bits per heavy atom. The third-order valence-electron chi connectivity index (χ3n) is 4.27. The monoisotopic (exact) mass is 456 g/mol. The van der Waals surface area contributed by atoms with Crippen molar-refractivity contribution in [2.75, 3.05) is 39.2 Å². The van der Waals surface area contributed by atoms with Gasteiger partial charge in [-0.15, -0.1) is 0 Å². The predicted molar refractivity (Wildman–Crippen MR) is 115 cm³/mol. The van der Waals surface area contributed by atoms with E-state index in [0.717, 1.165) is 0 Å². The van der Waals surface area contributed by atoms with E-state index < -0.39 is 10.0 Å². The zero-order valence-electron chi connectivity index (χ0n) is 17.2. The molecule has 0 unspecified atom stereocenters. The SMILES string of the molecule is COCCCNC(=O)c1ccc(C)c(S(=O)(=O)Nc2cc(Cl)c(OC)cc2OC)c1. The Morgan fingerprint density at radius 1 is 1.07 bits per heavy atom. The highest BCUT2D eigenvalue weighted by atomic mass is 35.5. The number of benzene rings is 2. The molecule has 164 valence electrons. The molecule has 0 heterocycles. The standard InChI is InChI=1S/C20H25ClN2O6S/c1-13-6-7-14(20(24)22-8-5-9-27-2)10-19(13)30(25,26)23-16-11-15(21)17(28-3)12-18(16)29-4/h6-7,10-12,23H,5,8-9H2,1-4H3,(H,22,24). The van der Waals surface area contributed by atoms with Crippen LogP contribution in [0.15, 0.2) is 35.2 Å². The number of amides is 1. The van der Waals surface area contributed by atoms with Crippen molar-refractivity contribution in [2.45, 2.75) is 18.2 Å². The van der Waals surface area contributed by atoms with Gasteiger partial charge in [-0.3, -0.25) is 9.52 Å². The number of sulfonamides is 1. The van der Waals surface area contributed by atoms with Gasteiger partial charge >= 0.3 is 0 Å². The Morgan fingerprint density at radius 2 is 1.77 bits per heavy atom. The van der Waals surface area contributed by atoms with Crippen molar-refractivity contribution in [2.24, 2.45) is 0 Å². The van der Waals surface area contributed by atoms with Gasteiger partial charge in [0.1, 0.15) is 11.5 Å². The third kappa shape index (κ3) is 5.78. The van der Waals surface area contributed by atoms with E-state index in [2.05, 4.69) is 10.0 Å². The largest absolute Gasteiger partial charge is 0.495 e. The highest BCUT2D eigenvalue weighted by Crippen LogP contribution is 2.37. The van der Waals surface area contributed by atoms with Crippen LogP contribution in [0, 0.1) is 6.92 Å². The van der Waals surface area contributed by atoms with E-state index in [4.69, 9.17) is 25.8 Å². The lowest BCUT2D eigenvalue weighted by atomic mass is 10.1. The van der Waals surface area contributed by atoms with Gasteiger partial charge in [0.05, 0.1) is 29.8 Å². The molecule has 0 radical (unpaired) electrons. The van der Waals surface area contributed by atoms with Gasteiger partial charge in [-0.05, 0) is 37.1 Å². The average Bonchev–Trinajstić information content (AvgIpc) is 2.71. The number of hydrogen-bond acceptors (Lipinski definition) is 6. The average molecular weight is 457 g/mol. The van der Waals surface area contributed by atoms with Crippen LogP contribution >= 0.6 is 11.6 Å². The molecular weight excluding hydrogens is 432 g/mol. The molecule has 8 nitrogen and oxygen atoms in total. The van der Waals surface area contributed by atoms with E-state index in [1.165, 1.54) is 32.4 Å². The van der Waals surface area contributed by atoms with Crippen LogP contribution in [0.2, 0.25) is 5.02 Å². The van der Waals surface area contributed by atoms with Crippen LogP contribution in [0.4, 0.5) is 5.69 Å². The summed E-state index contributed by atoms with van der Waals surface area (Å²) in [6.45, 7) is 2.58. The number of aryl methyl sites for hydroxylation is 1. The molecule has 0 fully saturated rings. The molecule has 0 spiro atoms. The topological polar surface area (TPSA) is 103 Å². The molecule has 0 bridgehead atoms. The Bertz CT molecular complexity index is 1010. The molecule has 0 aliphatic heterocycles. The first-order valence-corrected chi connectivity index (χ1v) is 10.9. The fraction of sp³-hybridized carbons (Fsp3) is 0.350. The lowest BCUT2D eigenvalue weighted by Crippen LogP contribution is -2.25. The van der Waals surface area contributed by atoms with Gasteiger partial charge in [-0.25, -0.2) is 8.42 Å². The molecule has 0 saturated heterocycles. The number of hydrogen-bond donors (Lipinski definition) is 2. The minimum absolute atomic E-state index is 0.0268. The van der Waals surface area contributed by atoms with E-state index >= 15 is 0 Å². The fourth-order valence-corrected chi connectivity index (χ4v) is 4.26. The summed E-state index contributed by atoms with van der Waals surface area (Å²) in [4.78, 5) is 12.3. The van der Waals surface area contributed by atoms with Crippen LogP contribution in [-0.4, -0.2) is 48.8 Å².